The first-order chi connectivity index (χ1) is 7.45. The highest BCUT2D eigenvalue weighted by Gasteiger charge is 2.10. The third-order valence-electron chi connectivity index (χ3n) is 2.75. The summed E-state index contributed by atoms with van der Waals surface area (Å²) in [5.74, 6) is 0. The van der Waals surface area contributed by atoms with Gasteiger partial charge in [-0.25, -0.2) is 0 Å². The standard InChI is InChI=1S/C14H11N/c1-2-9-13-11(5-1)6-3-7-12-8-4-10-15-14(12)13/h1-5,7-10H,6H2. The molecule has 1 nitrogen and oxygen atoms in total. The van der Waals surface area contributed by atoms with E-state index in [9.17, 15) is 0 Å². The third kappa shape index (κ3) is 1.37. The summed E-state index contributed by atoms with van der Waals surface area (Å²) in [4.78, 5) is 4.47. The number of aromatic nitrogens is 1. The van der Waals surface area contributed by atoms with Crippen molar-refractivity contribution in [2.24, 2.45) is 0 Å². The Morgan fingerprint density at radius 3 is 2.93 bits per heavy atom. The van der Waals surface area contributed by atoms with Crippen LogP contribution in [0.25, 0.3) is 17.3 Å². The van der Waals surface area contributed by atoms with Crippen LogP contribution in [0.3, 0.4) is 0 Å². The number of rotatable bonds is 0. The molecule has 72 valence electrons. The first kappa shape index (κ1) is 8.42. The van der Waals surface area contributed by atoms with E-state index in [1.165, 1.54) is 16.7 Å². The smallest absolute Gasteiger partial charge is 0.0777 e. The lowest BCUT2D eigenvalue weighted by Crippen LogP contribution is -1.89. The number of hydrogen-bond donors (Lipinski definition) is 0. The molecule has 0 atom stereocenters. The molecule has 1 aromatic carbocycles. The molecule has 0 unspecified atom stereocenters. The van der Waals surface area contributed by atoms with Crippen LogP contribution >= 0.6 is 0 Å². The van der Waals surface area contributed by atoms with Gasteiger partial charge in [0.1, 0.15) is 0 Å². The van der Waals surface area contributed by atoms with Crippen molar-refractivity contribution < 1.29 is 0 Å². The van der Waals surface area contributed by atoms with Crippen LogP contribution in [-0.4, -0.2) is 4.98 Å². The molecule has 1 heterocycles. The Labute approximate surface area is 89.1 Å². The monoisotopic (exact) mass is 193 g/mol. The zero-order valence-corrected chi connectivity index (χ0v) is 8.35. The third-order valence-corrected chi connectivity index (χ3v) is 2.75. The van der Waals surface area contributed by atoms with Gasteiger partial charge in [0.2, 0.25) is 0 Å². The Morgan fingerprint density at radius 1 is 1.00 bits per heavy atom. The summed E-state index contributed by atoms with van der Waals surface area (Å²) < 4.78 is 0. The normalized spacial score (nSPS) is 12.8. The number of benzene rings is 1. The van der Waals surface area contributed by atoms with Crippen molar-refractivity contribution in [2.45, 2.75) is 6.42 Å². The topological polar surface area (TPSA) is 12.9 Å². The maximum atomic E-state index is 4.47. The van der Waals surface area contributed by atoms with Gasteiger partial charge >= 0.3 is 0 Å². The molecule has 1 aliphatic carbocycles. The molecule has 0 spiro atoms. The maximum absolute atomic E-state index is 4.47. The lowest BCUT2D eigenvalue weighted by atomic mass is 10.0. The lowest BCUT2D eigenvalue weighted by Gasteiger charge is -2.06. The average molecular weight is 193 g/mol. The fraction of sp³-hybridized carbons (Fsp3) is 0.0714. The number of allylic oxidation sites excluding steroid dienone is 1. The molecule has 1 aromatic heterocycles. The van der Waals surface area contributed by atoms with Crippen LogP contribution in [0.2, 0.25) is 0 Å². The Morgan fingerprint density at radius 2 is 1.93 bits per heavy atom. The van der Waals surface area contributed by atoms with Crippen LogP contribution in [-0.2, 0) is 6.42 Å². The summed E-state index contributed by atoms with van der Waals surface area (Å²) in [5.41, 5.74) is 4.92. The summed E-state index contributed by atoms with van der Waals surface area (Å²) in [7, 11) is 0. The maximum Gasteiger partial charge on any atom is 0.0777 e. The molecule has 0 bridgehead atoms. The van der Waals surface area contributed by atoms with Gasteiger partial charge in [-0.15, -0.1) is 0 Å². The molecular weight excluding hydrogens is 182 g/mol. The van der Waals surface area contributed by atoms with E-state index in [-0.39, 0.29) is 0 Å². The first-order valence-electron chi connectivity index (χ1n) is 5.15. The van der Waals surface area contributed by atoms with Gasteiger partial charge < -0.3 is 0 Å². The molecule has 0 radical (unpaired) electrons. The average Bonchev–Trinajstić information content (AvgIpc) is 2.48. The summed E-state index contributed by atoms with van der Waals surface area (Å²) in [6.07, 6.45) is 7.20. The highest BCUT2D eigenvalue weighted by atomic mass is 14.7. The first-order valence-corrected chi connectivity index (χ1v) is 5.15. The quantitative estimate of drug-likeness (QED) is 0.625. The van der Waals surface area contributed by atoms with E-state index in [4.69, 9.17) is 0 Å². The molecular formula is C14H11N. The molecule has 2 aromatic rings. The van der Waals surface area contributed by atoms with Crippen molar-refractivity contribution in [2.75, 3.05) is 0 Å². The lowest BCUT2D eigenvalue weighted by molar-refractivity contribution is 1.26. The van der Waals surface area contributed by atoms with Crippen molar-refractivity contribution >= 4 is 6.08 Å². The van der Waals surface area contributed by atoms with E-state index in [2.05, 4.69) is 47.5 Å². The number of nitrogens with zero attached hydrogens (tertiary/aromatic N) is 1. The number of hydrogen-bond acceptors (Lipinski definition) is 1. The minimum atomic E-state index is 0.993. The molecule has 1 aliphatic rings. The number of fused-ring (bicyclic) bond motifs is 3. The second-order valence-electron chi connectivity index (χ2n) is 3.70. The Kier molecular flexibility index (Phi) is 1.88. The predicted molar refractivity (Wildman–Crippen MR) is 62.4 cm³/mol. The Bertz CT molecular complexity index is 526. The summed E-state index contributed by atoms with van der Waals surface area (Å²) in [6.45, 7) is 0. The fourth-order valence-corrected chi connectivity index (χ4v) is 2.02. The molecule has 1 heteroatoms. The van der Waals surface area contributed by atoms with Gasteiger partial charge in [0, 0.05) is 17.3 Å². The van der Waals surface area contributed by atoms with Crippen molar-refractivity contribution in [1.29, 1.82) is 0 Å². The number of pyridine rings is 1. The summed E-state index contributed by atoms with van der Waals surface area (Å²) >= 11 is 0. The van der Waals surface area contributed by atoms with Crippen LogP contribution < -0.4 is 0 Å². The molecule has 3 rings (SSSR count). The minimum absolute atomic E-state index is 0.993. The molecule has 0 saturated carbocycles. The van der Waals surface area contributed by atoms with Crippen molar-refractivity contribution in [3.8, 4) is 11.3 Å². The van der Waals surface area contributed by atoms with Gasteiger partial charge in [0.15, 0.2) is 0 Å². The molecule has 0 fully saturated rings. The van der Waals surface area contributed by atoms with Gasteiger partial charge in [0.25, 0.3) is 0 Å². The van der Waals surface area contributed by atoms with E-state index in [0.29, 0.717) is 0 Å². The second-order valence-corrected chi connectivity index (χ2v) is 3.70. The van der Waals surface area contributed by atoms with Crippen molar-refractivity contribution in [1.82, 2.24) is 4.98 Å². The molecule has 0 N–H and O–H groups in total. The van der Waals surface area contributed by atoms with Crippen molar-refractivity contribution in [3.05, 3.63) is 59.8 Å². The zero-order valence-electron chi connectivity index (χ0n) is 8.35. The van der Waals surface area contributed by atoms with Crippen molar-refractivity contribution in [3.63, 3.8) is 0 Å². The highest BCUT2D eigenvalue weighted by molar-refractivity contribution is 5.76. The molecule has 0 saturated heterocycles. The Balaban J connectivity index is 2.33. The van der Waals surface area contributed by atoms with Crippen LogP contribution in [0.5, 0.6) is 0 Å². The van der Waals surface area contributed by atoms with Gasteiger partial charge in [0.05, 0.1) is 5.69 Å². The van der Waals surface area contributed by atoms with Crippen LogP contribution in [0.15, 0.2) is 48.7 Å². The summed E-state index contributed by atoms with van der Waals surface area (Å²) in [6, 6.07) is 12.6. The predicted octanol–water partition coefficient (Wildman–Crippen LogP) is 3.32. The van der Waals surface area contributed by atoms with E-state index < -0.39 is 0 Å². The van der Waals surface area contributed by atoms with Gasteiger partial charge in [-0.3, -0.25) is 4.98 Å². The molecule has 0 aliphatic heterocycles. The second kappa shape index (κ2) is 3.35. The highest BCUT2D eigenvalue weighted by Crippen LogP contribution is 2.28. The van der Waals surface area contributed by atoms with E-state index in [0.717, 1.165) is 12.1 Å². The van der Waals surface area contributed by atoms with Crippen LogP contribution in [0.4, 0.5) is 0 Å². The van der Waals surface area contributed by atoms with Gasteiger partial charge in [-0.2, -0.15) is 0 Å². The van der Waals surface area contributed by atoms with Crippen LogP contribution in [0, 0.1) is 0 Å². The van der Waals surface area contributed by atoms with E-state index >= 15 is 0 Å². The van der Waals surface area contributed by atoms with Gasteiger partial charge in [-0.1, -0.05) is 42.5 Å². The fourth-order valence-electron chi connectivity index (χ4n) is 2.02. The molecule has 15 heavy (non-hydrogen) atoms. The van der Waals surface area contributed by atoms with Crippen LogP contribution in [0.1, 0.15) is 11.1 Å². The van der Waals surface area contributed by atoms with E-state index in [1.807, 2.05) is 12.3 Å². The van der Waals surface area contributed by atoms with Gasteiger partial charge in [-0.05, 0) is 18.1 Å². The Hall–Kier alpha value is -1.89. The molecule has 0 amide bonds. The SMILES string of the molecule is C1=Cc2cccnc2-c2ccccc2C1. The zero-order chi connectivity index (χ0) is 10.1. The summed E-state index contributed by atoms with van der Waals surface area (Å²) in [5, 5.41) is 0. The minimum Gasteiger partial charge on any atom is -0.256 e. The van der Waals surface area contributed by atoms with E-state index in [1.54, 1.807) is 0 Å². The largest absolute Gasteiger partial charge is 0.256 e.